The van der Waals surface area contributed by atoms with E-state index in [9.17, 15) is 0 Å². The summed E-state index contributed by atoms with van der Waals surface area (Å²) < 4.78 is 0. The summed E-state index contributed by atoms with van der Waals surface area (Å²) in [6.07, 6.45) is 3.40. The molecule has 1 unspecified atom stereocenters. The molecule has 1 atom stereocenters. The molecule has 3 heteroatoms. The molecule has 1 aromatic rings. The number of hydrogen-bond donors (Lipinski definition) is 2. The number of benzene rings is 1. The Bertz CT molecular complexity index is 312. The average Bonchev–Trinajstić information content (AvgIpc) is 2.25. The molecule has 0 aromatic heterocycles. The Morgan fingerprint density at radius 3 is 2.80 bits per heavy atom. The van der Waals surface area contributed by atoms with Crippen LogP contribution in [0.15, 0.2) is 18.2 Å². The number of hydrogen-bond acceptors (Lipinski definition) is 2. The van der Waals surface area contributed by atoms with Gasteiger partial charge in [-0.3, -0.25) is 11.3 Å². The quantitative estimate of drug-likeness (QED) is 0.597. The van der Waals surface area contributed by atoms with Crippen molar-refractivity contribution in [3.63, 3.8) is 0 Å². The number of halogens is 1. The fraction of sp³-hybridized carbons (Fsp3) is 0.500. The van der Waals surface area contributed by atoms with Gasteiger partial charge < -0.3 is 0 Å². The standard InChI is InChI=1S/C12H19ClN2/c1-3-4-8-12(15-14)10-6-5-7-11(13)9(10)2/h5-7,12,15H,3-4,8,14H2,1-2H3. The second-order valence-electron chi connectivity index (χ2n) is 3.82. The van der Waals surface area contributed by atoms with Crippen molar-refractivity contribution >= 4 is 11.6 Å². The van der Waals surface area contributed by atoms with Gasteiger partial charge in [-0.2, -0.15) is 0 Å². The van der Waals surface area contributed by atoms with Crippen LogP contribution in [0.5, 0.6) is 0 Å². The lowest BCUT2D eigenvalue weighted by Crippen LogP contribution is -2.28. The Labute approximate surface area is 96.8 Å². The normalized spacial score (nSPS) is 12.8. The first-order valence-corrected chi connectivity index (χ1v) is 5.79. The molecule has 84 valence electrons. The highest BCUT2D eigenvalue weighted by Crippen LogP contribution is 2.26. The lowest BCUT2D eigenvalue weighted by molar-refractivity contribution is 0.493. The smallest absolute Gasteiger partial charge is 0.0463 e. The van der Waals surface area contributed by atoms with Gasteiger partial charge in [0.2, 0.25) is 0 Å². The minimum absolute atomic E-state index is 0.212. The van der Waals surface area contributed by atoms with Crippen molar-refractivity contribution < 1.29 is 0 Å². The zero-order valence-electron chi connectivity index (χ0n) is 9.39. The van der Waals surface area contributed by atoms with Crippen molar-refractivity contribution in [1.82, 2.24) is 5.43 Å². The number of unbranched alkanes of at least 4 members (excludes halogenated alkanes) is 1. The van der Waals surface area contributed by atoms with Gasteiger partial charge in [-0.25, -0.2) is 0 Å². The third-order valence-electron chi connectivity index (χ3n) is 2.73. The molecule has 1 rings (SSSR count). The summed E-state index contributed by atoms with van der Waals surface area (Å²) in [6, 6.07) is 6.18. The summed E-state index contributed by atoms with van der Waals surface area (Å²) in [6.45, 7) is 4.21. The van der Waals surface area contributed by atoms with Crippen molar-refractivity contribution in [2.45, 2.75) is 39.2 Å². The Morgan fingerprint density at radius 1 is 1.47 bits per heavy atom. The second-order valence-corrected chi connectivity index (χ2v) is 4.22. The summed E-state index contributed by atoms with van der Waals surface area (Å²) in [5, 5.41) is 0.809. The maximum Gasteiger partial charge on any atom is 0.0463 e. The molecule has 0 amide bonds. The molecule has 2 nitrogen and oxygen atoms in total. The highest BCUT2D eigenvalue weighted by Gasteiger charge is 2.12. The minimum Gasteiger partial charge on any atom is -0.271 e. The third kappa shape index (κ3) is 3.20. The fourth-order valence-corrected chi connectivity index (χ4v) is 1.92. The van der Waals surface area contributed by atoms with Crippen LogP contribution in [0.2, 0.25) is 5.02 Å². The van der Waals surface area contributed by atoms with Crippen LogP contribution < -0.4 is 11.3 Å². The molecule has 0 heterocycles. The van der Waals surface area contributed by atoms with Crippen LogP contribution in [0.4, 0.5) is 0 Å². The van der Waals surface area contributed by atoms with E-state index in [1.807, 2.05) is 19.1 Å². The lowest BCUT2D eigenvalue weighted by atomic mass is 9.97. The Balaban J connectivity index is 2.86. The van der Waals surface area contributed by atoms with Crippen molar-refractivity contribution in [3.8, 4) is 0 Å². The highest BCUT2D eigenvalue weighted by atomic mass is 35.5. The summed E-state index contributed by atoms with van der Waals surface area (Å²) >= 11 is 6.08. The first-order valence-electron chi connectivity index (χ1n) is 5.41. The van der Waals surface area contributed by atoms with E-state index >= 15 is 0 Å². The topological polar surface area (TPSA) is 38.0 Å². The molecule has 0 fully saturated rings. The summed E-state index contributed by atoms with van der Waals surface area (Å²) in [7, 11) is 0. The molecule has 0 aliphatic rings. The van der Waals surface area contributed by atoms with Crippen LogP contribution in [0.1, 0.15) is 43.4 Å². The largest absolute Gasteiger partial charge is 0.271 e. The zero-order chi connectivity index (χ0) is 11.3. The van der Waals surface area contributed by atoms with E-state index in [-0.39, 0.29) is 6.04 Å². The van der Waals surface area contributed by atoms with Crippen molar-refractivity contribution in [2.75, 3.05) is 0 Å². The molecule has 0 saturated carbocycles. The van der Waals surface area contributed by atoms with E-state index in [1.54, 1.807) is 0 Å². The Kier molecular flexibility index (Phi) is 5.09. The van der Waals surface area contributed by atoms with E-state index in [0.29, 0.717) is 0 Å². The number of hydrazine groups is 1. The van der Waals surface area contributed by atoms with Gasteiger partial charge in [-0.05, 0) is 30.5 Å². The first-order chi connectivity index (χ1) is 7.20. The van der Waals surface area contributed by atoms with Crippen molar-refractivity contribution in [3.05, 3.63) is 34.3 Å². The fourth-order valence-electron chi connectivity index (χ4n) is 1.74. The Morgan fingerprint density at radius 2 is 2.20 bits per heavy atom. The molecular formula is C12H19ClN2. The van der Waals surface area contributed by atoms with Gasteiger partial charge >= 0.3 is 0 Å². The molecule has 3 N–H and O–H groups in total. The van der Waals surface area contributed by atoms with Gasteiger partial charge in [0.25, 0.3) is 0 Å². The number of rotatable bonds is 5. The van der Waals surface area contributed by atoms with Crippen LogP contribution >= 0.6 is 11.6 Å². The van der Waals surface area contributed by atoms with E-state index < -0.39 is 0 Å². The van der Waals surface area contributed by atoms with Crippen LogP contribution in [-0.2, 0) is 0 Å². The summed E-state index contributed by atoms with van der Waals surface area (Å²) in [5.41, 5.74) is 5.19. The molecule has 0 radical (unpaired) electrons. The molecule has 15 heavy (non-hydrogen) atoms. The van der Waals surface area contributed by atoms with Crippen LogP contribution in [-0.4, -0.2) is 0 Å². The molecular weight excluding hydrogens is 208 g/mol. The minimum atomic E-state index is 0.212. The van der Waals surface area contributed by atoms with Crippen molar-refractivity contribution in [1.29, 1.82) is 0 Å². The molecule has 0 spiro atoms. The van der Waals surface area contributed by atoms with Gasteiger partial charge in [0, 0.05) is 11.1 Å². The van der Waals surface area contributed by atoms with Crippen molar-refractivity contribution in [2.24, 2.45) is 5.84 Å². The number of nitrogens with one attached hydrogen (secondary N) is 1. The average molecular weight is 227 g/mol. The summed E-state index contributed by atoms with van der Waals surface area (Å²) in [5.74, 6) is 5.57. The van der Waals surface area contributed by atoms with Gasteiger partial charge in [0.05, 0.1) is 0 Å². The molecule has 0 bridgehead atoms. The van der Waals surface area contributed by atoms with E-state index in [1.165, 1.54) is 18.4 Å². The highest BCUT2D eigenvalue weighted by molar-refractivity contribution is 6.31. The monoisotopic (exact) mass is 226 g/mol. The number of nitrogens with two attached hydrogens (primary N) is 1. The van der Waals surface area contributed by atoms with E-state index in [4.69, 9.17) is 17.4 Å². The molecule has 0 aliphatic heterocycles. The lowest BCUT2D eigenvalue weighted by Gasteiger charge is -2.18. The first kappa shape index (κ1) is 12.5. The van der Waals surface area contributed by atoms with Crippen LogP contribution in [0.25, 0.3) is 0 Å². The van der Waals surface area contributed by atoms with E-state index in [0.717, 1.165) is 17.0 Å². The van der Waals surface area contributed by atoms with Gasteiger partial charge in [0.1, 0.15) is 0 Å². The van der Waals surface area contributed by atoms with Gasteiger partial charge in [-0.15, -0.1) is 0 Å². The van der Waals surface area contributed by atoms with Crippen LogP contribution in [0, 0.1) is 6.92 Å². The predicted octanol–water partition coefficient (Wildman–Crippen LogP) is 3.34. The Hall–Kier alpha value is -0.570. The molecule has 0 aliphatic carbocycles. The van der Waals surface area contributed by atoms with Gasteiger partial charge in [-0.1, -0.05) is 43.5 Å². The van der Waals surface area contributed by atoms with Crippen LogP contribution in [0.3, 0.4) is 0 Å². The third-order valence-corrected chi connectivity index (χ3v) is 3.14. The zero-order valence-corrected chi connectivity index (χ0v) is 10.1. The summed E-state index contributed by atoms with van der Waals surface area (Å²) in [4.78, 5) is 0. The van der Waals surface area contributed by atoms with E-state index in [2.05, 4.69) is 18.4 Å². The SMILES string of the molecule is CCCCC(NN)c1cccc(Cl)c1C. The molecule has 0 saturated heterocycles. The maximum atomic E-state index is 6.08. The molecule has 1 aromatic carbocycles. The van der Waals surface area contributed by atoms with Gasteiger partial charge in [0.15, 0.2) is 0 Å². The second kappa shape index (κ2) is 6.11. The maximum absolute atomic E-state index is 6.08. The predicted molar refractivity (Wildman–Crippen MR) is 65.8 cm³/mol.